The lowest BCUT2D eigenvalue weighted by molar-refractivity contribution is 0.353. The number of hydrogen-bond acceptors (Lipinski definition) is 1. The molecule has 2 rings (SSSR count). The minimum Gasteiger partial charge on any atom is -0.317 e. The van der Waals surface area contributed by atoms with Crippen molar-refractivity contribution >= 4 is 12.4 Å². The first-order chi connectivity index (χ1) is 7.75. The Bertz CT molecular complexity index is 351. The number of aryl methyl sites for hydroxylation is 1. The van der Waals surface area contributed by atoms with E-state index in [1.807, 2.05) is 0 Å². The van der Waals surface area contributed by atoms with Gasteiger partial charge in [-0.25, -0.2) is 8.78 Å². The van der Waals surface area contributed by atoms with Crippen LogP contribution < -0.4 is 5.32 Å². The summed E-state index contributed by atoms with van der Waals surface area (Å²) in [5.74, 6) is -0.220. The summed E-state index contributed by atoms with van der Waals surface area (Å²) < 4.78 is 26.0. The Morgan fingerprint density at radius 2 is 1.88 bits per heavy atom. The van der Waals surface area contributed by atoms with Crippen LogP contribution in [0.2, 0.25) is 0 Å². The Labute approximate surface area is 107 Å². The molecule has 1 aromatic rings. The van der Waals surface area contributed by atoms with Crippen LogP contribution in [0.3, 0.4) is 0 Å². The Hall–Kier alpha value is -0.670. The van der Waals surface area contributed by atoms with Gasteiger partial charge in [-0.05, 0) is 56.3 Å². The van der Waals surface area contributed by atoms with Gasteiger partial charge in [-0.2, -0.15) is 0 Å². The van der Waals surface area contributed by atoms with Gasteiger partial charge in [-0.15, -0.1) is 12.4 Å². The van der Waals surface area contributed by atoms with Gasteiger partial charge in [-0.1, -0.05) is 6.07 Å². The first-order valence-electron chi connectivity index (χ1n) is 5.90. The Balaban J connectivity index is 0.00000144. The number of nitrogens with one attached hydrogen (secondary N) is 1. The Kier molecular flexibility index (Phi) is 5.86. The van der Waals surface area contributed by atoms with Crippen LogP contribution in [0.5, 0.6) is 0 Å². The molecule has 0 aliphatic carbocycles. The number of halogens is 3. The van der Waals surface area contributed by atoms with E-state index in [2.05, 4.69) is 5.32 Å². The van der Waals surface area contributed by atoms with Gasteiger partial charge in [0.2, 0.25) is 0 Å². The normalized spacial score (nSPS) is 16.6. The van der Waals surface area contributed by atoms with E-state index < -0.39 is 11.6 Å². The lowest BCUT2D eigenvalue weighted by atomic mass is 9.91. The summed E-state index contributed by atoms with van der Waals surface area (Å²) in [4.78, 5) is 0. The smallest absolute Gasteiger partial charge is 0.129 e. The molecule has 0 bridgehead atoms. The van der Waals surface area contributed by atoms with E-state index in [0.29, 0.717) is 11.5 Å². The van der Waals surface area contributed by atoms with E-state index in [9.17, 15) is 8.78 Å². The number of rotatable bonds is 3. The SMILES string of the molecule is Cl.Fc1ccc(CCC2CCNCC2)c(F)c1. The molecule has 1 heterocycles. The largest absolute Gasteiger partial charge is 0.317 e. The monoisotopic (exact) mass is 261 g/mol. The predicted molar refractivity (Wildman–Crippen MR) is 67.5 cm³/mol. The van der Waals surface area contributed by atoms with Crippen molar-refractivity contribution in [1.29, 1.82) is 0 Å². The van der Waals surface area contributed by atoms with Gasteiger partial charge in [0.15, 0.2) is 0 Å². The maximum atomic E-state index is 13.4. The Morgan fingerprint density at radius 3 is 2.53 bits per heavy atom. The molecule has 0 unspecified atom stereocenters. The molecule has 4 heteroatoms. The van der Waals surface area contributed by atoms with Gasteiger partial charge < -0.3 is 5.32 Å². The van der Waals surface area contributed by atoms with Gasteiger partial charge >= 0.3 is 0 Å². The summed E-state index contributed by atoms with van der Waals surface area (Å²) in [7, 11) is 0. The van der Waals surface area contributed by atoms with Gasteiger partial charge in [0.1, 0.15) is 11.6 Å². The Morgan fingerprint density at radius 1 is 1.18 bits per heavy atom. The second-order valence-electron chi connectivity index (χ2n) is 4.47. The molecule has 0 saturated carbocycles. The standard InChI is InChI=1S/C13H17F2N.ClH/c14-12-4-3-11(13(15)9-12)2-1-10-5-7-16-8-6-10;/h3-4,9-10,16H,1-2,5-8H2;1H. The topological polar surface area (TPSA) is 12.0 Å². The van der Waals surface area contributed by atoms with E-state index >= 15 is 0 Å². The predicted octanol–water partition coefficient (Wildman–Crippen LogP) is 3.32. The van der Waals surface area contributed by atoms with Crippen LogP contribution in [0.25, 0.3) is 0 Å². The van der Waals surface area contributed by atoms with Crippen LogP contribution in [0.1, 0.15) is 24.8 Å². The van der Waals surface area contributed by atoms with Crippen LogP contribution in [0.4, 0.5) is 8.78 Å². The highest BCUT2D eigenvalue weighted by atomic mass is 35.5. The molecule has 1 fully saturated rings. The minimum absolute atomic E-state index is 0. The maximum absolute atomic E-state index is 13.4. The van der Waals surface area contributed by atoms with E-state index in [1.165, 1.54) is 18.9 Å². The molecule has 0 amide bonds. The van der Waals surface area contributed by atoms with E-state index in [0.717, 1.165) is 32.0 Å². The van der Waals surface area contributed by atoms with Crippen LogP contribution in [-0.2, 0) is 6.42 Å². The fourth-order valence-electron chi connectivity index (χ4n) is 2.25. The molecule has 1 aromatic carbocycles. The van der Waals surface area contributed by atoms with Crippen molar-refractivity contribution in [2.24, 2.45) is 5.92 Å². The summed E-state index contributed by atoms with van der Waals surface area (Å²) in [6, 6.07) is 3.87. The first kappa shape index (κ1) is 14.4. The quantitative estimate of drug-likeness (QED) is 0.880. The molecule has 0 spiro atoms. The summed E-state index contributed by atoms with van der Waals surface area (Å²) in [5.41, 5.74) is 0.639. The molecule has 1 saturated heterocycles. The van der Waals surface area contributed by atoms with Crippen LogP contribution >= 0.6 is 12.4 Å². The molecule has 0 radical (unpaired) electrons. The third-order valence-electron chi connectivity index (χ3n) is 3.30. The summed E-state index contributed by atoms with van der Waals surface area (Å²) in [6.45, 7) is 2.13. The van der Waals surface area contributed by atoms with Crippen LogP contribution in [-0.4, -0.2) is 13.1 Å². The van der Waals surface area contributed by atoms with E-state index in [1.54, 1.807) is 6.07 Å². The van der Waals surface area contributed by atoms with E-state index in [-0.39, 0.29) is 12.4 Å². The highest BCUT2D eigenvalue weighted by Crippen LogP contribution is 2.20. The van der Waals surface area contributed by atoms with Crippen molar-refractivity contribution < 1.29 is 8.78 Å². The lowest BCUT2D eigenvalue weighted by Gasteiger charge is -2.22. The van der Waals surface area contributed by atoms with Crippen molar-refractivity contribution in [2.45, 2.75) is 25.7 Å². The third kappa shape index (κ3) is 4.25. The second-order valence-corrected chi connectivity index (χ2v) is 4.47. The summed E-state index contributed by atoms with van der Waals surface area (Å²) >= 11 is 0. The minimum atomic E-state index is -0.497. The molecule has 0 aromatic heterocycles. The molecule has 96 valence electrons. The third-order valence-corrected chi connectivity index (χ3v) is 3.30. The molecule has 1 aliphatic heterocycles. The molecule has 1 aliphatic rings. The van der Waals surface area contributed by atoms with Crippen LogP contribution in [0, 0.1) is 17.6 Å². The fourth-order valence-corrected chi connectivity index (χ4v) is 2.25. The van der Waals surface area contributed by atoms with Gasteiger partial charge in [0, 0.05) is 6.07 Å². The maximum Gasteiger partial charge on any atom is 0.129 e. The average Bonchev–Trinajstić information content (AvgIpc) is 2.29. The van der Waals surface area contributed by atoms with Gasteiger partial charge in [0.05, 0.1) is 0 Å². The number of benzene rings is 1. The molecular formula is C13H18ClF2N. The molecular weight excluding hydrogens is 244 g/mol. The van der Waals surface area contributed by atoms with Crippen LogP contribution in [0.15, 0.2) is 18.2 Å². The summed E-state index contributed by atoms with van der Waals surface area (Å²) in [5, 5.41) is 3.31. The van der Waals surface area contributed by atoms with E-state index in [4.69, 9.17) is 0 Å². The fraction of sp³-hybridized carbons (Fsp3) is 0.538. The zero-order valence-electron chi connectivity index (χ0n) is 9.72. The highest BCUT2D eigenvalue weighted by Gasteiger charge is 2.13. The zero-order valence-corrected chi connectivity index (χ0v) is 10.5. The zero-order chi connectivity index (χ0) is 11.4. The summed E-state index contributed by atoms with van der Waals surface area (Å²) in [6.07, 6.45) is 4.06. The number of piperidine rings is 1. The van der Waals surface area contributed by atoms with Crippen molar-refractivity contribution in [3.05, 3.63) is 35.4 Å². The molecule has 17 heavy (non-hydrogen) atoms. The van der Waals surface area contributed by atoms with Crippen molar-refractivity contribution in [3.63, 3.8) is 0 Å². The molecule has 1 N–H and O–H groups in total. The average molecular weight is 262 g/mol. The van der Waals surface area contributed by atoms with Gasteiger partial charge in [0.25, 0.3) is 0 Å². The molecule has 1 nitrogen and oxygen atoms in total. The van der Waals surface area contributed by atoms with Gasteiger partial charge in [-0.3, -0.25) is 0 Å². The first-order valence-corrected chi connectivity index (χ1v) is 5.90. The van der Waals surface area contributed by atoms with Crippen molar-refractivity contribution in [1.82, 2.24) is 5.32 Å². The second kappa shape index (κ2) is 6.92. The van der Waals surface area contributed by atoms with Crippen molar-refractivity contribution in [2.75, 3.05) is 13.1 Å². The lowest BCUT2D eigenvalue weighted by Crippen LogP contribution is -2.27. The molecule has 0 atom stereocenters. The highest BCUT2D eigenvalue weighted by molar-refractivity contribution is 5.85. The number of hydrogen-bond donors (Lipinski definition) is 1. The van der Waals surface area contributed by atoms with Crippen molar-refractivity contribution in [3.8, 4) is 0 Å².